The zero-order valence-electron chi connectivity index (χ0n) is 30.3. The predicted molar refractivity (Wildman–Crippen MR) is 240 cm³/mol. The van der Waals surface area contributed by atoms with Crippen molar-refractivity contribution < 1.29 is 4.42 Å². The van der Waals surface area contributed by atoms with E-state index in [1.165, 1.54) is 46.8 Å². The fourth-order valence-corrected chi connectivity index (χ4v) is 10.8. The highest BCUT2D eigenvalue weighted by atomic mass is 32.1. The van der Waals surface area contributed by atoms with Crippen molar-refractivity contribution >= 4 is 85.0 Å². The van der Waals surface area contributed by atoms with Gasteiger partial charge in [-0.25, -0.2) is 15.0 Å². The third-order valence-electron chi connectivity index (χ3n) is 10.9. The quantitative estimate of drug-likeness (QED) is 0.175. The third-order valence-corrected chi connectivity index (χ3v) is 13.4. The lowest BCUT2D eigenvalue weighted by Crippen LogP contribution is -2.00. The first-order chi connectivity index (χ1) is 28.2. The van der Waals surface area contributed by atoms with E-state index in [0.717, 1.165) is 54.5 Å². The van der Waals surface area contributed by atoms with Crippen molar-refractivity contribution in [3.05, 3.63) is 176 Å². The van der Waals surface area contributed by atoms with Crippen LogP contribution in [0.3, 0.4) is 0 Å². The molecule has 0 N–H and O–H groups in total. The lowest BCUT2D eigenvalue weighted by atomic mass is 9.93. The van der Waals surface area contributed by atoms with Crippen LogP contribution in [0.2, 0.25) is 0 Å². The van der Waals surface area contributed by atoms with Gasteiger partial charge >= 0.3 is 0 Å². The summed E-state index contributed by atoms with van der Waals surface area (Å²) in [6.07, 6.45) is 0. The number of hydrogen-bond acceptors (Lipinski definition) is 6. The Labute approximate surface area is 335 Å². The first-order valence-electron chi connectivity index (χ1n) is 18.9. The Morgan fingerprint density at radius 2 is 0.912 bits per heavy atom. The number of para-hydroxylation sites is 1. The van der Waals surface area contributed by atoms with E-state index in [1.54, 1.807) is 11.3 Å². The summed E-state index contributed by atoms with van der Waals surface area (Å²) in [6.45, 7) is 0. The summed E-state index contributed by atoms with van der Waals surface area (Å²) in [5.41, 5.74) is 9.26. The Balaban J connectivity index is 1.11. The van der Waals surface area contributed by atoms with Gasteiger partial charge in [0.1, 0.15) is 11.2 Å². The Morgan fingerprint density at radius 3 is 1.67 bits per heavy atom. The zero-order chi connectivity index (χ0) is 37.5. The number of furan rings is 1. The average molecular weight is 764 g/mol. The number of thiophene rings is 2. The molecule has 266 valence electrons. The molecule has 12 aromatic rings. The van der Waals surface area contributed by atoms with Crippen molar-refractivity contribution in [3.63, 3.8) is 0 Å². The van der Waals surface area contributed by atoms with Gasteiger partial charge in [-0.15, -0.1) is 22.7 Å². The van der Waals surface area contributed by atoms with E-state index in [4.69, 9.17) is 19.4 Å². The van der Waals surface area contributed by atoms with Gasteiger partial charge in [0.25, 0.3) is 0 Å². The van der Waals surface area contributed by atoms with Crippen molar-refractivity contribution in [1.29, 1.82) is 0 Å². The first kappa shape index (κ1) is 32.3. The molecule has 0 spiro atoms. The zero-order valence-corrected chi connectivity index (χ0v) is 31.9. The van der Waals surface area contributed by atoms with Gasteiger partial charge in [0.2, 0.25) is 0 Å². The second kappa shape index (κ2) is 12.8. The fraction of sp³-hybridized carbons (Fsp3) is 0. The monoisotopic (exact) mass is 763 g/mol. The molecule has 12 rings (SSSR count). The van der Waals surface area contributed by atoms with Gasteiger partial charge in [-0.1, -0.05) is 140 Å². The van der Waals surface area contributed by atoms with Gasteiger partial charge in [-0.3, -0.25) is 0 Å². The maximum atomic E-state index is 6.78. The summed E-state index contributed by atoms with van der Waals surface area (Å²) in [6, 6.07) is 61.9. The van der Waals surface area contributed by atoms with Crippen molar-refractivity contribution in [2.45, 2.75) is 0 Å². The molecule has 0 aliphatic carbocycles. The summed E-state index contributed by atoms with van der Waals surface area (Å²) in [7, 11) is 0. The second-order valence-corrected chi connectivity index (χ2v) is 16.4. The molecule has 0 amide bonds. The lowest BCUT2D eigenvalue weighted by molar-refractivity contribution is 0.670. The van der Waals surface area contributed by atoms with Crippen molar-refractivity contribution in [3.8, 4) is 56.4 Å². The molecule has 57 heavy (non-hydrogen) atoms. The molecule has 0 radical (unpaired) electrons. The minimum Gasteiger partial charge on any atom is -0.455 e. The molecule has 6 heteroatoms. The van der Waals surface area contributed by atoms with Crippen molar-refractivity contribution in [2.75, 3.05) is 0 Å². The van der Waals surface area contributed by atoms with E-state index >= 15 is 0 Å². The molecule has 0 saturated heterocycles. The minimum atomic E-state index is 0.649. The van der Waals surface area contributed by atoms with Crippen LogP contribution in [0.5, 0.6) is 0 Å². The van der Waals surface area contributed by atoms with Crippen LogP contribution in [0.25, 0.3) is 119 Å². The molecule has 0 bridgehead atoms. The summed E-state index contributed by atoms with van der Waals surface area (Å²) >= 11 is 3.64. The molecule has 4 nitrogen and oxygen atoms in total. The van der Waals surface area contributed by atoms with E-state index in [-0.39, 0.29) is 0 Å². The average Bonchev–Trinajstić information content (AvgIpc) is 3.98. The van der Waals surface area contributed by atoms with Crippen LogP contribution in [0.15, 0.2) is 180 Å². The van der Waals surface area contributed by atoms with E-state index in [9.17, 15) is 0 Å². The minimum absolute atomic E-state index is 0.649. The van der Waals surface area contributed by atoms with Gasteiger partial charge in [0.05, 0.1) is 0 Å². The Hall–Kier alpha value is -6.99. The molecule has 8 aromatic carbocycles. The number of fused-ring (bicyclic) bond motifs is 9. The largest absolute Gasteiger partial charge is 0.455 e. The highest BCUT2D eigenvalue weighted by Gasteiger charge is 2.22. The molecule has 0 aliphatic heterocycles. The van der Waals surface area contributed by atoms with Crippen molar-refractivity contribution in [2.24, 2.45) is 0 Å². The van der Waals surface area contributed by atoms with Crippen LogP contribution in [0, 0.1) is 0 Å². The lowest BCUT2D eigenvalue weighted by Gasteiger charge is -2.11. The van der Waals surface area contributed by atoms with E-state index < -0.39 is 0 Å². The normalized spacial score (nSPS) is 11.9. The van der Waals surface area contributed by atoms with Gasteiger partial charge in [-0.2, -0.15) is 0 Å². The number of aromatic nitrogens is 3. The molecule has 4 aromatic heterocycles. The summed E-state index contributed by atoms with van der Waals surface area (Å²) in [4.78, 5) is 15.2. The SMILES string of the molecule is c1ccc(-c2nc(-c3ccccc3)nc(-c3cccc4c3sc3c(-c5cc(-c6cccc7sc8ccccc8c67)cc6c5oc5ccccc56)cccc34)n2)cc1. The fourth-order valence-electron chi connectivity index (χ4n) is 8.34. The van der Waals surface area contributed by atoms with E-state index in [2.05, 4.69) is 133 Å². The van der Waals surface area contributed by atoms with Crippen LogP contribution in [-0.2, 0) is 0 Å². The Morgan fingerprint density at radius 1 is 0.351 bits per heavy atom. The van der Waals surface area contributed by atoms with Crippen LogP contribution in [-0.4, -0.2) is 15.0 Å². The Bertz CT molecular complexity index is 3470. The van der Waals surface area contributed by atoms with Crippen LogP contribution >= 0.6 is 22.7 Å². The summed E-state index contributed by atoms with van der Waals surface area (Å²) in [5.74, 6) is 1.95. The van der Waals surface area contributed by atoms with E-state index in [1.807, 2.05) is 53.8 Å². The van der Waals surface area contributed by atoms with Gasteiger partial charge in [-0.05, 0) is 47.5 Å². The van der Waals surface area contributed by atoms with Gasteiger partial charge in [0, 0.05) is 78.9 Å². The first-order valence-corrected chi connectivity index (χ1v) is 20.6. The van der Waals surface area contributed by atoms with Gasteiger partial charge < -0.3 is 4.42 Å². The highest BCUT2D eigenvalue weighted by molar-refractivity contribution is 7.27. The number of benzene rings is 8. The molecular formula is C51H29N3OS2. The molecule has 4 heterocycles. The summed E-state index contributed by atoms with van der Waals surface area (Å²) in [5, 5.41) is 7.17. The molecule has 0 atom stereocenters. The van der Waals surface area contributed by atoms with Gasteiger partial charge in [0.15, 0.2) is 17.5 Å². The Kier molecular flexibility index (Phi) is 7.24. The number of rotatable bonds is 5. The molecule has 0 unspecified atom stereocenters. The second-order valence-electron chi connectivity index (χ2n) is 14.3. The highest BCUT2D eigenvalue weighted by Crippen LogP contribution is 2.48. The van der Waals surface area contributed by atoms with Crippen LogP contribution in [0.4, 0.5) is 0 Å². The van der Waals surface area contributed by atoms with E-state index in [0.29, 0.717) is 17.5 Å². The number of hydrogen-bond donors (Lipinski definition) is 0. The van der Waals surface area contributed by atoms with Crippen LogP contribution < -0.4 is 0 Å². The third kappa shape index (κ3) is 5.15. The number of nitrogens with zero attached hydrogens (tertiary/aromatic N) is 3. The summed E-state index contributed by atoms with van der Waals surface area (Å²) < 4.78 is 11.7. The van der Waals surface area contributed by atoms with Crippen molar-refractivity contribution in [1.82, 2.24) is 15.0 Å². The molecule has 0 fully saturated rings. The predicted octanol–water partition coefficient (Wildman–Crippen LogP) is 14.8. The molecular weight excluding hydrogens is 735 g/mol. The molecule has 0 aliphatic rings. The maximum Gasteiger partial charge on any atom is 0.165 e. The smallest absolute Gasteiger partial charge is 0.165 e. The maximum absolute atomic E-state index is 6.78. The topological polar surface area (TPSA) is 51.8 Å². The van der Waals surface area contributed by atoms with Crippen LogP contribution in [0.1, 0.15) is 0 Å². The molecule has 0 saturated carbocycles. The standard InChI is InChI=1S/C51H29N3OS2/c1-3-14-30(15-4-1)49-52-50(31-16-5-2-6-17-31)54-51(53-49)39-24-12-22-36-35-21-11-23-37(47(35)57-48(36)39)41-29-32(28-40-34-18-7-9-25-42(34)55-46(40)41)33-20-13-27-44-45(33)38-19-8-10-26-43(38)56-44/h1-29H.